The Morgan fingerprint density at radius 2 is 2.00 bits per heavy atom. The number of likely N-dealkylation sites (tertiary alicyclic amines) is 1. The van der Waals surface area contributed by atoms with E-state index in [4.69, 9.17) is 5.73 Å². The molecular formula is C19H28N2O. The maximum atomic E-state index is 12.4. The first kappa shape index (κ1) is 15.5. The molecule has 1 atom stereocenters. The van der Waals surface area contributed by atoms with Crippen LogP contribution in [0.1, 0.15) is 44.1 Å². The molecule has 0 spiro atoms. The minimum Gasteiger partial charge on any atom is -0.342 e. The summed E-state index contributed by atoms with van der Waals surface area (Å²) < 4.78 is 0. The fourth-order valence-corrected chi connectivity index (χ4v) is 3.86. The van der Waals surface area contributed by atoms with Gasteiger partial charge in [-0.3, -0.25) is 4.79 Å². The summed E-state index contributed by atoms with van der Waals surface area (Å²) in [5.41, 5.74) is 7.24. The van der Waals surface area contributed by atoms with Crippen molar-refractivity contribution in [3.63, 3.8) is 0 Å². The van der Waals surface area contributed by atoms with Crippen LogP contribution >= 0.6 is 0 Å². The molecule has 1 saturated heterocycles. The molecule has 2 aliphatic rings. The third-order valence-electron chi connectivity index (χ3n) is 5.28. The maximum Gasteiger partial charge on any atom is 0.225 e. The number of hydrogen-bond donors (Lipinski definition) is 1. The fraction of sp³-hybridized carbons (Fsp3) is 0.632. The summed E-state index contributed by atoms with van der Waals surface area (Å²) in [6.45, 7) is 1.93. The largest absolute Gasteiger partial charge is 0.342 e. The van der Waals surface area contributed by atoms with E-state index < -0.39 is 0 Å². The van der Waals surface area contributed by atoms with E-state index in [1.165, 1.54) is 31.2 Å². The van der Waals surface area contributed by atoms with Crippen molar-refractivity contribution < 1.29 is 4.79 Å². The molecule has 22 heavy (non-hydrogen) atoms. The summed E-state index contributed by atoms with van der Waals surface area (Å²) in [5, 5.41) is 0. The second kappa shape index (κ2) is 7.28. The predicted molar refractivity (Wildman–Crippen MR) is 89.4 cm³/mol. The molecule has 1 saturated carbocycles. The van der Waals surface area contributed by atoms with E-state index in [1.54, 1.807) is 0 Å². The van der Waals surface area contributed by atoms with Crippen LogP contribution < -0.4 is 5.73 Å². The molecule has 1 unspecified atom stereocenters. The van der Waals surface area contributed by atoms with Crippen LogP contribution in [0.15, 0.2) is 30.3 Å². The highest BCUT2D eigenvalue weighted by Crippen LogP contribution is 2.30. The fourth-order valence-electron chi connectivity index (χ4n) is 3.86. The number of nitrogens with zero attached hydrogens (tertiary/aromatic N) is 1. The highest BCUT2D eigenvalue weighted by molar-refractivity contribution is 5.80. The second-order valence-corrected chi connectivity index (χ2v) is 7.10. The lowest BCUT2D eigenvalue weighted by Gasteiger charge is -2.39. The molecule has 3 nitrogen and oxygen atoms in total. The van der Waals surface area contributed by atoms with Crippen LogP contribution in [0.4, 0.5) is 0 Å². The van der Waals surface area contributed by atoms with Crippen molar-refractivity contribution in [2.24, 2.45) is 17.6 Å². The number of carbonyl (C=O) groups excluding carboxylic acids is 1. The summed E-state index contributed by atoms with van der Waals surface area (Å²) in [7, 11) is 0. The van der Waals surface area contributed by atoms with E-state index in [0.717, 1.165) is 32.4 Å². The molecule has 0 bridgehead atoms. The molecule has 1 aliphatic carbocycles. The number of nitrogens with two attached hydrogens (primary N) is 1. The van der Waals surface area contributed by atoms with E-state index >= 15 is 0 Å². The molecule has 1 aliphatic heterocycles. The van der Waals surface area contributed by atoms with Crippen LogP contribution in [0.25, 0.3) is 0 Å². The number of carbonyl (C=O) groups is 1. The van der Waals surface area contributed by atoms with Crippen LogP contribution in [-0.4, -0.2) is 29.9 Å². The zero-order chi connectivity index (χ0) is 15.4. The summed E-state index contributed by atoms with van der Waals surface area (Å²) in [6, 6.07) is 11.0. The SMILES string of the molecule is NC1CC(C(=O)N2CCCC(CCCc3ccccc3)C2)C1. The van der Waals surface area contributed by atoms with Crippen LogP contribution in [0.2, 0.25) is 0 Å². The van der Waals surface area contributed by atoms with Crippen LogP contribution in [-0.2, 0) is 11.2 Å². The van der Waals surface area contributed by atoms with Crippen molar-refractivity contribution in [3.8, 4) is 0 Å². The molecule has 1 aromatic rings. The lowest BCUT2D eigenvalue weighted by atomic mass is 9.79. The first-order valence-electron chi connectivity index (χ1n) is 8.80. The van der Waals surface area contributed by atoms with Gasteiger partial charge < -0.3 is 10.6 Å². The van der Waals surface area contributed by atoms with Gasteiger partial charge in [0.1, 0.15) is 0 Å². The van der Waals surface area contributed by atoms with Gasteiger partial charge in [0, 0.05) is 25.0 Å². The van der Waals surface area contributed by atoms with Crippen LogP contribution in [0.5, 0.6) is 0 Å². The minimum absolute atomic E-state index is 0.220. The third-order valence-corrected chi connectivity index (χ3v) is 5.28. The molecule has 0 radical (unpaired) electrons. The highest BCUT2D eigenvalue weighted by atomic mass is 16.2. The average molecular weight is 300 g/mol. The predicted octanol–water partition coefficient (Wildman–Crippen LogP) is 2.99. The zero-order valence-electron chi connectivity index (χ0n) is 13.4. The molecule has 1 aromatic carbocycles. The first-order valence-corrected chi connectivity index (χ1v) is 8.80. The first-order chi connectivity index (χ1) is 10.7. The van der Waals surface area contributed by atoms with Gasteiger partial charge in [0.05, 0.1) is 0 Å². The number of amides is 1. The number of rotatable bonds is 5. The van der Waals surface area contributed by atoms with Gasteiger partial charge in [-0.05, 0) is 56.4 Å². The molecule has 0 aromatic heterocycles. The molecule has 120 valence electrons. The van der Waals surface area contributed by atoms with Crippen molar-refractivity contribution >= 4 is 5.91 Å². The number of aryl methyl sites for hydroxylation is 1. The van der Waals surface area contributed by atoms with Crippen LogP contribution in [0.3, 0.4) is 0 Å². The van der Waals surface area contributed by atoms with E-state index in [2.05, 4.69) is 35.2 Å². The Morgan fingerprint density at radius 3 is 2.73 bits per heavy atom. The normalized spacial score (nSPS) is 28.2. The molecule has 2 N–H and O–H groups in total. The summed E-state index contributed by atoms with van der Waals surface area (Å²) in [6.07, 6.45) is 7.86. The van der Waals surface area contributed by atoms with Gasteiger partial charge in [0.25, 0.3) is 0 Å². The average Bonchev–Trinajstić information content (AvgIpc) is 2.53. The Balaban J connectivity index is 1.41. The van der Waals surface area contributed by atoms with E-state index in [0.29, 0.717) is 11.8 Å². The van der Waals surface area contributed by atoms with Gasteiger partial charge in [-0.15, -0.1) is 0 Å². The van der Waals surface area contributed by atoms with Crippen molar-refractivity contribution in [1.82, 2.24) is 4.90 Å². The maximum absolute atomic E-state index is 12.4. The molecule has 1 heterocycles. The number of piperidine rings is 1. The Kier molecular flexibility index (Phi) is 5.14. The molecule has 1 amide bonds. The Morgan fingerprint density at radius 1 is 1.23 bits per heavy atom. The van der Waals surface area contributed by atoms with Crippen molar-refractivity contribution in [3.05, 3.63) is 35.9 Å². The molecule has 3 rings (SSSR count). The monoisotopic (exact) mass is 300 g/mol. The minimum atomic E-state index is 0.220. The summed E-state index contributed by atoms with van der Waals surface area (Å²) in [4.78, 5) is 14.6. The van der Waals surface area contributed by atoms with Gasteiger partial charge in [0.2, 0.25) is 5.91 Å². The Bertz CT molecular complexity index is 481. The smallest absolute Gasteiger partial charge is 0.225 e. The van der Waals surface area contributed by atoms with E-state index in [1.807, 2.05) is 0 Å². The lowest BCUT2D eigenvalue weighted by Crippen LogP contribution is -2.49. The second-order valence-electron chi connectivity index (χ2n) is 7.10. The number of hydrogen-bond acceptors (Lipinski definition) is 2. The standard InChI is InChI=1S/C19H28N2O/c20-18-12-17(13-18)19(22)21-11-5-10-16(14-21)9-4-8-15-6-2-1-3-7-15/h1-3,6-7,16-18H,4-5,8-14,20H2. The van der Waals surface area contributed by atoms with Gasteiger partial charge in [-0.1, -0.05) is 30.3 Å². The molecule has 2 fully saturated rings. The molecule has 3 heteroatoms. The van der Waals surface area contributed by atoms with E-state index in [-0.39, 0.29) is 12.0 Å². The van der Waals surface area contributed by atoms with Gasteiger partial charge in [-0.2, -0.15) is 0 Å². The highest BCUT2D eigenvalue weighted by Gasteiger charge is 2.36. The van der Waals surface area contributed by atoms with Crippen LogP contribution in [0, 0.1) is 11.8 Å². The quantitative estimate of drug-likeness (QED) is 0.908. The van der Waals surface area contributed by atoms with E-state index in [9.17, 15) is 4.79 Å². The zero-order valence-corrected chi connectivity index (χ0v) is 13.4. The Labute approximate surface area is 133 Å². The summed E-state index contributed by atoms with van der Waals surface area (Å²) >= 11 is 0. The van der Waals surface area contributed by atoms with Crippen molar-refractivity contribution in [2.75, 3.05) is 13.1 Å². The van der Waals surface area contributed by atoms with Gasteiger partial charge in [0.15, 0.2) is 0 Å². The van der Waals surface area contributed by atoms with Crippen molar-refractivity contribution in [2.45, 2.75) is 51.0 Å². The van der Waals surface area contributed by atoms with Gasteiger partial charge in [-0.25, -0.2) is 0 Å². The lowest BCUT2D eigenvalue weighted by molar-refractivity contribution is -0.140. The van der Waals surface area contributed by atoms with Crippen molar-refractivity contribution in [1.29, 1.82) is 0 Å². The Hall–Kier alpha value is -1.35. The topological polar surface area (TPSA) is 46.3 Å². The van der Waals surface area contributed by atoms with Gasteiger partial charge >= 0.3 is 0 Å². The third kappa shape index (κ3) is 3.89. The molecular weight excluding hydrogens is 272 g/mol. The summed E-state index contributed by atoms with van der Waals surface area (Å²) in [5.74, 6) is 1.28. The number of benzene rings is 1.